The summed E-state index contributed by atoms with van der Waals surface area (Å²) in [7, 11) is 0. The minimum Gasteiger partial charge on any atom is -0.357 e. The maximum atomic E-state index is 8.05. The molecule has 1 atom stereocenters. The molecule has 0 aromatic rings. The van der Waals surface area contributed by atoms with Gasteiger partial charge in [0.05, 0.1) is 5.84 Å². The van der Waals surface area contributed by atoms with Gasteiger partial charge in [-0.3, -0.25) is 5.41 Å². The van der Waals surface area contributed by atoms with E-state index in [-0.39, 0.29) is 0 Å². The lowest BCUT2D eigenvalue weighted by Gasteiger charge is -2.29. The van der Waals surface area contributed by atoms with Crippen LogP contribution in [0.5, 0.6) is 0 Å². The van der Waals surface area contributed by atoms with E-state index in [4.69, 9.17) is 5.41 Å². The predicted molar refractivity (Wildman–Crippen MR) is 55.0 cm³/mol. The van der Waals surface area contributed by atoms with Crippen LogP contribution in [0.25, 0.3) is 0 Å². The van der Waals surface area contributed by atoms with Crippen molar-refractivity contribution in [3.05, 3.63) is 0 Å². The Kier molecular flexibility index (Phi) is 2.31. The Morgan fingerprint density at radius 3 is 2.54 bits per heavy atom. The number of hydrogen-bond donors (Lipinski definition) is 1. The summed E-state index contributed by atoms with van der Waals surface area (Å²) in [6.07, 6.45) is 5.12. The maximum Gasteiger partial charge on any atom is 0.0992 e. The third kappa shape index (κ3) is 1.72. The summed E-state index contributed by atoms with van der Waals surface area (Å²) in [5.41, 5.74) is 0. The minimum absolute atomic E-state index is 0.624. The largest absolute Gasteiger partial charge is 0.357 e. The maximum absolute atomic E-state index is 8.05. The number of rotatable bonds is 2. The molecule has 1 aliphatic heterocycles. The lowest BCUT2D eigenvalue weighted by atomic mass is 10.0. The van der Waals surface area contributed by atoms with Gasteiger partial charge in [0.15, 0.2) is 0 Å². The molecule has 2 fully saturated rings. The molecule has 1 saturated carbocycles. The molecule has 13 heavy (non-hydrogen) atoms. The Bertz CT molecular complexity index is 206. The molecule has 2 heteroatoms. The zero-order valence-electron chi connectivity index (χ0n) is 8.71. The lowest BCUT2D eigenvalue weighted by molar-refractivity contribution is 0.301. The van der Waals surface area contributed by atoms with Crippen LogP contribution in [0.1, 0.15) is 39.5 Å². The normalized spacial score (nSPS) is 28.5. The summed E-state index contributed by atoms with van der Waals surface area (Å²) in [5.74, 6) is 2.28. The first-order chi connectivity index (χ1) is 6.20. The van der Waals surface area contributed by atoms with E-state index >= 15 is 0 Å². The van der Waals surface area contributed by atoms with Gasteiger partial charge in [-0.1, -0.05) is 13.8 Å². The molecule has 0 spiro atoms. The first-order valence-corrected chi connectivity index (χ1v) is 5.55. The van der Waals surface area contributed by atoms with Crippen LogP contribution in [0.2, 0.25) is 0 Å². The van der Waals surface area contributed by atoms with Crippen LogP contribution in [0.3, 0.4) is 0 Å². The molecule has 74 valence electrons. The van der Waals surface area contributed by atoms with Crippen LogP contribution in [-0.2, 0) is 0 Å². The van der Waals surface area contributed by atoms with E-state index < -0.39 is 0 Å². The summed E-state index contributed by atoms with van der Waals surface area (Å²) in [5, 5.41) is 8.05. The van der Waals surface area contributed by atoms with E-state index in [1.807, 2.05) is 0 Å². The van der Waals surface area contributed by atoms with Gasteiger partial charge in [0.2, 0.25) is 0 Å². The van der Waals surface area contributed by atoms with Crippen molar-refractivity contribution in [2.75, 3.05) is 6.54 Å². The number of nitrogens with zero attached hydrogens (tertiary/aromatic N) is 1. The monoisotopic (exact) mass is 180 g/mol. The first-order valence-electron chi connectivity index (χ1n) is 5.55. The van der Waals surface area contributed by atoms with Gasteiger partial charge in [-0.15, -0.1) is 0 Å². The van der Waals surface area contributed by atoms with Crippen molar-refractivity contribution in [2.24, 2.45) is 11.8 Å². The van der Waals surface area contributed by atoms with Gasteiger partial charge in [-0.25, -0.2) is 0 Å². The van der Waals surface area contributed by atoms with E-state index in [1.165, 1.54) is 25.7 Å². The molecule has 2 rings (SSSR count). The first kappa shape index (κ1) is 9.04. The van der Waals surface area contributed by atoms with Crippen molar-refractivity contribution in [3.63, 3.8) is 0 Å². The highest BCUT2D eigenvalue weighted by molar-refractivity contribution is 5.84. The van der Waals surface area contributed by atoms with E-state index in [0.717, 1.165) is 12.4 Å². The van der Waals surface area contributed by atoms with Gasteiger partial charge in [0, 0.05) is 18.5 Å². The molecule has 1 heterocycles. The second-order valence-electron chi connectivity index (χ2n) is 4.81. The Hall–Kier alpha value is -0.530. The van der Waals surface area contributed by atoms with Crippen molar-refractivity contribution < 1.29 is 0 Å². The summed E-state index contributed by atoms with van der Waals surface area (Å²) < 4.78 is 0. The molecule has 2 nitrogen and oxygen atoms in total. The molecule has 0 aromatic heterocycles. The van der Waals surface area contributed by atoms with Crippen LogP contribution in [0, 0.1) is 17.2 Å². The van der Waals surface area contributed by atoms with Crippen LogP contribution in [0.15, 0.2) is 0 Å². The molecule has 0 radical (unpaired) electrons. The predicted octanol–water partition coefficient (Wildman–Crippen LogP) is 2.49. The molecule has 1 unspecified atom stereocenters. The van der Waals surface area contributed by atoms with Gasteiger partial charge in [-0.2, -0.15) is 0 Å². The minimum atomic E-state index is 0.624. The topological polar surface area (TPSA) is 27.1 Å². The molecule has 0 aromatic carbocycles. The summed E-state index contributed by atoms with van der Waals surface area (Å²) in [4.78, 5) is 2.36. The third-order valence-corrected chi connectivity index (χ3v) is 3.34. The fourth-order valence-electron chi connectivity index (χ4n) is 2.38. The second-order valence-corrected chi connectivity index (χ2v) is 4.81. The Morgan fingerprint density at radius 1 is 1.31 bits per heavy atom. The summed E-state index contributed by atoms with van der Waals surface area (Å²) in [6.45, 7) is 5.70. The smallest absolute Gasteiger partial charge is 0.0992 e. The standard InChI is InChI=1S/C11H20N2/c1-8(2)10-4-3-7-13(10)11(12)9-5-6-9/h8-10,12H,3-7H2,1-2H3. The summed E-state index contributed by atoms with van der Waals surface area (Å²) in [6, 6.07) is 0.660. The average Bonchev–Trinajstić information content (AvgIpc) is 2.80. The van der Waals surface area contributed by atoms with E-state index in [9.17, 15) is 0 Å². The quantitative estimate of drug-likeness (QED) is 0.513. The van der Waals surface area contributed by atoms with Crippen LogP contribution < -0.4 is 0 Å². The Labute approximate surface area is 80.8 Å². The SMILES string of the molecule is CC(C)C1CCCN1C(=N)C1CC1. The molecular formula is C11H20N2. The molecule has 1 saturated heterocycles. The Morgan fingerprint density at radius 2 is 2.00 bits per heavy atom. The van der Waals surface area contributed by atoms with E-state index in [1.54, 1.807) is 0 Å². The van der Waals surface area contributed by atoms with E-state index in [2.05, 4.69) is 18.7 Å². The van der Waals surface area contributed by atoms with Crippen LogP contribution >= 0.6 is 0 Å². The summed E-state index contributed by atoms with van der Waals surface area (Å²) >= 11 is 0. The van der Waals surface area contributed by atoms with Crippen LogP contribution in [0.4, 0.5) is 0 Å². The van der Waals surface area contributed by atoms with Gasteiger partial charge >= 0.3 is 0 Å². The molecule has 1 N–H and O–H groups in total. The average molecular weight is 180 g/mol. The molecule has 2 aliphatic rings. The fraction of sp³-hybridized carbons (Fsp3) is 0.909. The second kappa shape index (κ2) is 3.32. The molecule has 0 bridgehead atoms. The lowest BCUT2D eigenvalue weighted by Crippen LogP contribution is -2.38. The number of amidine groups is 1. The van der Waals surface area contributed by atoms with Crippen molar-refractivity contribution in [2.45, 2.75) is 45.6 Å². The number of hydrogen-bond acceptors (Lipinski definition) is 1. The highest BCUT2D eigenvalue weighted by Gasteiger charge is 2.36. The van der Waals surface area contributed by atoms with Gasteiger partial charge < -0.3 is 4.90 Å². The molecule has 1 aliphatic carbocycles. The highest BCUT2D eigenvalue weighted by atomic mass is 15.2. The van der Waals surface area contributed by atoms with Crippen molar-refractivity contribution in [3.8, 4) is 0 Å². The van der Waals surface area contributed by atoms with Gasteiger partial charge in [0.1, 0.15) is 0 Å². The third-order valence-electron chi connectivity index (χ3n) is 3.34. The zero-order chi connectivity index (χ0) is 9.42. The van der Waals surface area contributed by atoms with Gasteiger partial charge in [0.25, 0.3) is 0 Å². The van der Waals surface area contributed by atoms with E-state index in [0.29, 0.717) is 17.9 Å². The van der Waals surface area contributed by atoms with Crippen molar-refractivity contribution >= 4 is 5.84 Å². The zero-order valence-corrected chi connectivity index (χ0v) is 8.71. The number of likely N-dealkylation sites (tertiary alicyclic amines) is 1. The van der Waals surface area contributed by atoms with Crippen LogP contribution in [-0.4, -0.2) is 23.3 Å². The fourth-order valence-corrected chi connectivity index (χ4v) is 2.38. The van der Waals surface area contributed by atoms with Gasteiger partial charge in [-0.05, 0) is 31.6 Å². The highest BCUT2D eigenvalue weighted by Crippen LogP contribution is 2.35. The van der Waals surface area contributed by atoms with Crippen molar-refractivity contribution in [1.82, 2.24) is 4.90 Å². The van der Waals surface area contributed by atoms with Crippen molar-refractivity contribution in [1.29, 1.82) is 5.41 Å². The molecular weight excluding hydrogens is 160 g/mol. The molecule has 0 amide bonds. The Balaban J connectivity index is 1.99. The number of nitrogens with one attached hydrogen (secondary N) is 1.